The Balaban J connectivity index is 2.03. The molecule has 106 valence electrons. The van der Waals surface area contributed by atoms with Gasteiger partial charge in [-0.3, -0.25) is 9.80 Å². The predicted octanol–water partition coefficient (Wildman–Crippen LogP) is 2.79. The number of anilines is 1. The third-order valence-electron chi connectivity index (χ3n) is 4.32. The van der Waals surface area contributed by atoms with Crippen LogP contribution >= 0.6 is 0 Å². The van der Waals surface area contributed by atoms with Gasteiger partial charge in [-0.2, -0.15) is 0 Å². The first kappa shape index (κ1) is 12.4. The molecule has 1 fully saturated rings. The normalized spacial score (nSPS) is 24.0. The Labute approximate surface area is 123 Å². The summed E-state index contributed by atoms with van der Waals surface area (Å²) in [7, 11) is 1.81. The number of carbonyl (C=O) groups is 1. The molecule has 2 aliphatic heterocycles. The Kier molecular flexibility index (Phi) is 2.56. The molecule has 0 N–H and O–H groups in total. The summed E-state index contributed by atoms with van der Waals surface area (Å²) in [6.45, 7) is 1.15. The van der Waals surface area contributed by atoms with Gasteiger partial charge in [0.25, 0.3) is 0 Å². The maximum atomic E-state index is 12.7. The highest BCUT2D eigenvalue weighted by atomic mass is 16.5. The quantitative estimate of drug-likeness (QED) is 0.804. The number of rotatable bonds is 1. The van der Waals surface area contributed by atoms with E-state index in [-0.39, 0.29) is 6.03 Å². The molecule has 0 aliphatic carbocycles. The van der Waals surface area contributed by atoms with Crippen molar-refractivity contribution in [2.75, 3.05) is 25.1 Å². The van der Waals surface area contributed by atoms with Crippen molar-refractivity contribution in [3.8, 4) is 0 Å². The van der Waals surface area contributed by atoms with Crippen LogP contribution in [0.15, 0.2) is 54.6 Å². The first-order valence-corrected chi connectivity index (χ1v) is 7.09. The van der Waals surface area contributed by atoms with Crippen LogP contribution in [0.5, 0.6) is 0 Å². The van der Waals surface area contributed by atoms with Crippen LogP contribution in [0.3, 0.4) is 0 Å². The summed E-state index contributed by atoms with van der Waals surface area (Å²) in [5, 5.41) is 0. The highest BCUT2D eigenvalue weighted by Crippen LogP contribution is 2.47. The number of hydrogen-bond donors (Lipinski definition) is 0. The second-order valence-corrected chi connectivity index (χ2v) is 5.37. The van der Waals surface area contributed by atoms with Gasteiger partial charge in [0.15, 0.2) is 5.72 Å². The molecule has 2 aromatic rings. The van der Waals surface area contributed by atoms with Crippen LogP contribution < -0.4 is 4.90 Å². The van der Waals surface area contributed by atoms with Gasteiger partial charge in [0.1, 0.15) is 0 Å². The van der Waals surface area contributed by atoms with Gasteiger partial charge in [-0.25, -0.2) is 4.79 Å². The van der Waals surface area contributed by atoms with E-state index in [1.54, 1.807) is 4.90 Å². The Morgan fingerprint density at radius 2 is 1.76 bits per heavy atom. The lowest BCUT2D eigenvalue weighted by atomic mass is 9.89. The van der Waals surface area contributed by atoms with Crippen molar-refractivity contribution in [1.29, 1.82) is 0 Å². The SMILES string of the molecule is CN1C(=O)N2CCOC2(c2ccccc2)c2ccccc21. The number of nitrogens with zero attached hydrogens (tertiary/aromatic N) is 2. The molecule has 21 heavy (non-hydrogen) atoms. The molecule has 0 spiro atoms. The molecule has 1 atom stereocenters. The Bertz CT molecular complexity index is 701. The second kappa shape index (κ2) is 4.33. The minimum absolute atomic E-state index is 0.0185. The van der Waals surface area contributed by atoms with Crippen molar-refractivity contribution in [2.24, 2.45) is 0 Å². The van der Waals surface area contributed by atoms with E-state index in [0.717, 1.165) is 16.8 Å². The van der Waals surface area contributed by atoms with Crippen molar-refractivity contribution in [3.05, 3.63) is 65.7 Å². The summed E-state index contributed by atoms with van der Waals surface area (Å²) < 4.78 is 6.15. The Morgan fingerprint density at radius 3 is 2.57 bits per heavy atom. The van der Waals surface area contributed by atoms with Crippen LogP contribution in [0, 0.1) is 0 Å². The summed E-state index contributed by atoms with van der Waals surface area (Å²) in [4.78, 5) is 16.2. The van der Waals surface area contributed by atoms with Gasteiger partial charge in [-0.15, -0.1) is 0 Å². The van der Waals surface area contributed by atoms with Crippen molar-refractivity contribution >= 4 is 11.7 Å². The number of urea groups is 1. The van der Waals surface area contributed by atoms with Gasteiger partial charge in [-0.1, -0.05) is 48.5 Å². The van der Waals surface area contributed by atoms with Gasteiger partial charge in [-0.05, 0) is 6.07 Å². The average Bonchev–Trinajstić information content (AvgIpc) is 3.00. The van der Waals surface area contributed by atoms with Crippen molar-refractivity contribution < 1.29 is 9.53 Å². The summed E-state index contributed by atoms with van der Waals surface area (Å²) in [5.41, 5.74) is 2.14. The van der Waals surface area contributed by atoms with Gasteiger partial charge in [0, 0.05) is 24.7 Å². The zero-order valence-corrected chi connectivity index (χ0v) is 11.8. The molecule has 2 amide bonds. The minimum atomic E-state index is -0.790. The van der Waals surface area contributed by atoms with E-state index in [9.17, 15) is 4.79 Å². The molecule has 2 heterocycles. The monoisotopic (exact) mass is 280 g/mol. The van der Waals surface area contributed by atoms with E-state index in [0.29, 0.717) is 13.2 Å². The summed E-state index contributed by atoms with van der Waals surface area (Å²) >= 11 is 0. The average molecular weight is 280 g/mol. The molecule has 0 bridgehead atoms. The molecule has 1 saturated heterocycles. The first-order valence-electron chi connectivity index (χ1n) is 7.09. The van der Waals surface area contributed by atoms with Crippen LogP contribution in [0.25, 0.3) is 0 Å². The summed E-state index contributed by atoms with van der Waals surface area (Å²) in [5.74, 6) is 0. The highest BCUT2D eigenvalue weighted by Gasteiger charge is 2.53. The fraction of sp³-hybridized carbons (Fsp3) is 0.235. The minimum Gasteiger partial charge on any atom is -0.345 e. The van der Waals surface area contributed by atoms with Crippen LogP contribution in [-0.4, -0.2) is 31.1 Å². The zero-order chi connectivity index (χ0) is 14.4. The predicted molar refractivity (Wildman–Crippen MR) is 80.1 cm³/mol. The smallest absolute Gasteiger partial charge is 0.327 e. The zero-order valence-electron chi connectivity index (χ0n) is 11.8. The van der Waals surface area contributed by atoms with E-state index in [2.05, 4.69) is 0 Å². The third kappa shape index (κ3) is 1.51. The van der Waals surface area contributed by atoms with Gasteiger partial charge >= 0.3 is 6.03 Å². The molecule has 1 unspecified atom stereocenters. The molecular formula is C17H16N2O2. The molecule has 4 heteroatoms. The number of amides is 2. The standard InChI is InChI=1S/C17H16N2O2/c1-18-15-10-6-5-9-14(15)17(13-7-3-2-4-8-13)19(16(18)20)11-12-21-17/h2-10H,11-12H2,1H3. The van der Waals surface area contributed by atoms with Gasteiger partial charge in [0.2, 0.25) is 0 Å². The molecule has 0 aromatic heterocycles. The van der Waals surface area contributed by atoms with E-state index in [1.165, 1.54) is 0 Å². The number of carbonyl (C=O) groups excluding carboxylic acids is 1. The Morgan fingerprint density at radius 1 is 1.05 bits per heavy atom. The van der Waals surface area contributed by atoms with E-state index in [1.807, 2.05) is 66.5 Å². The van der Waals surface area contributed by atoms with E-state index < -0.39 is 5.72 Å². The molecule has 4 rings (SSSR count). The lowest BCUT2D eigenvalue weighted by Crippen LogP contribution is -2.55. The summed E-state index contributed by atoms with van der Waals surface area (Å²) in [6, 6.07) is 17.9. The third-order valence-corrected chi connectivity index (χ3v) is 4.32. The molecular weight excluding hydrogens is 264 g/mol. The largest absolute Gasteiger partial charge is 0.345 e. The number of hydrogen-bond acceptors (Lipinski definition) is 2. The fourth-order valence-corrected chi connectivity index (χ4v) is 3.37. The summed E-state index contributed by atoms with van der Waals surface area (Å²) in [6.07, 6.45) is 0. The molecule has 2 aromatic carbocycles. The first-order chi connectivity index (χ1) is 10.2. The lowest BCUT2D eigenvalue weighted by Gasteiger charge is -2.45. The highest BCUT2D eigenvalue weighted by molar-refractivity contribution is 5.96. The van der Waals surface area contributed by atoms with Crippen LogP contribution in [0.1, 0.15) is 11.1 Å². The van der Waals surface area contributed by atoms with Crippen molar-refractivity contribution in [3.63, 3.8) is 0 Å². The van der Waals surface area contributed by atoms with Gasteiger partial charge < -0.3 is 4.74 Å². The van der Waals surface area contributed by atoms with E-state index in [4.69, 9.17) is 4.74 Å². The number of fused-ring (bicyclic) bond motifs is 3. The molecule has 2 aliphatic rings. The molecule has 4 nitrogen and oxygen atoms in total. The fourth-order valence-electron chi connectivity index (χ4n) is 3.37. The Hall–Kier alpha value is -2.33. The van der Waals surface area contributed by atoms with Crippen molar-refractivity contribution in [2.45, 2.75) is 5.72 Å². The molecule has 0 saturated carbocycles. The maximum absolute atomic E-state index is 12.7. The number of para-hydroxylation sites is 1. The van der Waals surface area contributed by atoms with Crippen LogP contribution in [-0.2, 0) is 10.5 Å². The lowest BCUT2D eigenvalue weighted by molar-refractivity contribution is -0.0344. The van der Waals surface area contributed by atoms with Crippen LogP contribution in [0.4, 0.5) is 10.5 Å². The topological polar surface area (TPSA) is 32.8 Å². The number of benzene rings is 2. The number of ether oxygens (including phenoxy) is 1. The molecule has 0 radical (unpaired) electrons. The maximum Gasteiger partial charge on any atom is 0.327 e. The van der Waals surface area contributed by atoms with Gasteiger partial charge in [0.05, 0.1) is 12.3 Å². The van der Waals surface area contributed by atoms with Crippen molar-refractivity contribution in [1.82, 2.24) is 4.90 Å². The van der Waals surface area contributed by atoms with Crippen LogP contribution in [0.2, 0.25) is 0 Å². The second-order valence-electron chi connectivity index (χ2n) is 5.37. The van der Waals surface area contributed by atoms with E-state index >= 15 is 0 Å².